The van der Waals surface area contributed by atoms with Crippen LogP contribution in [0.4, 0.5) is 0 Å². The van der Waals surface area contributed by atoms with Crippen LogP contribution in [0.15, 0.2) is 23.0 Å². The van der Waals surface area contributed by atoms with Crippen LogP contribution in [0, 0.1) is 5.92 Å². The van der Waals surface area contributed by atoms with Gasteiger partial charge in [-0.15, -0.1) is 0 Å². The van der Waals surface area contributed by atoms with E-state index in [-0.39, 0.29) is 23.1 Å². The van der Waals surface area contributed by atoms with Gasteiger partial charge in [-0.2, -0.15) is 0 Å². The first-order valence-electron chi connectivity index (χ1n) is 6.54. The van der Waals surface area contributed by atoms with Crippen LogP contribution in [0.3, 0.4) is 0 Å². The van der Waals surface area contributed by atoms with Gasteiger partial charge in [-0.1, -0.05) is 17.7 Å². The SMILES string of the molecule is O=c1[nH]c2cccc(Cl)c2n1CC1CCCS(=O)(=O)C1. The van der Waals surface area contributed by atoms with E-state index in [0.29, 0.717) is 29.0 Å². The van der Waals surface area contributed by atoms with Crippen molar-refractivity contribution in [2.75, 3.05) is 11.5 Å². The minimum Gasteiger partial charge on any atom is -0.305 e. The van der Waals surface area contributed by atoms with E-state index in [9.17, 15) is 13.2 Å². The molecule has 2 heterocycles. The van der Waals surface area contributed by atoms with E-state index in [0.717, 1.165) is 6.42 Å². The second kappa shape index (κ2) is 4.93. The first-order valence-corrected chi connectivity index (χ1v) is 8.74. The van der Waals surface area contributed by atoms with Crippen LogP contribution in [0.2, 0.25) is 5.02 Å². The van der Waals surface area contributed by atoms with Crippen LogP contribution in [0.5, 0.6) is 0 Å². The lowest BCUT2D eigenvalue weighted by Crippen LogP contribution is -2.31. The lowest BCUT2D eigenvalue weighted by atomic mass is 10.1. The van der Waals surface area contributed by atoms with Gasteiger partial charge in [-0.3, -0.25) is 4.57 Å². The predicted molar refractivity (Wildman–Crippen MR) is 78.9 cm³/mol. The molecule has 3 rings (SSSR count). The van der Waals surface area contributed by atoms with Crippen LogP contribution in [-0.2, 0) is 16.4 Å². The fourth-order valence-electron chi connectivity index (χ4n) is 2.87. The molecule has 5 nitrogen and oxygen atoms in total. The van der Waals surface area contributed by atoms with Crippen LogP contribution < -0.4 is 5.69 Å². The Kier molecular flexibility index (Phi) is 3.38. The molecule has 1 atom stereocenters. The number of aromatic nitrogens is 2. The van der Waals surface area contributed by atoms with Crippen LogP contribution >= 0.6 is 11.6 Å². The Morgan fingerprint density at radius 3 is 2.95 bits per heavy atom. The summed E-state index contributed by atoms with van der Waals surface area (Å²) in [6.45, 7) is 0.391. The molecule has 1 aromatic carbocycles. The molecule has 0 amide bonds. The minimum atomic E-state index is -2.97. The van der Waals surface area contributed by atoms with E-state index >= 15 is 0 Å². The zero-order valence-corrected chi connectivity index (χ0v) is 12.4. The standard InChI is InChI=1S/C13H15ClN2O3S/c14-10-4-1-5-11-12(10)16(13(17)15-11)7-9-3-2-6-20(18,19)8-9/h1,4-5,9H,2-3,6-8H2,(H,15,17). The molecule has 0 aliphatic carbocycles. The second-order valence-corrected chi connectivity index (χ2v) is 7.94. The Hall–Kier alpha value is -1.27. The maximum absolute atomic E-state index is 12.0. The van der Waals surface area contributed by atoms with Crippen LogP contribution in [-0.4, -0.2) is 29.5 Å². The lowest BCUT2D eigenvalue weighted by Gasteiger charge is -2.22. The van der Waals surface area contributed by atoms with E-state index in [1.807, 2.05) is 0 Å². The van der Waals surface area contributed by atoms with Crippen molar-refractivity contribution in [1.82, 2.24) is 9.55 Å². The van der Waals surface area contributed by atoms with Crippen molar-refractivity contribution in [3.05, 3.63) is 33.7 Å². The number of nitrogens with zero attached hydrogens (tertiary/aromatic N) is 1. The molecule has 1 unspecified atom stereocenters. The summed E-state index contributed by atoms with van der Waals surface area (Å²) >= 11 is 6.15. The molecule has 1 aliphatic heterocycles. The highest BCUT2D eigenvalue weighted by Crippen LogP contribution is 2.24. The number of nitrogens with one attached hydrogen (secondary N) is 1. The molecule has 0 radical (unpaired) electrons. The Bertz CT molecular complexity index is 807. The smallest absolute Gasteiger partial charge is 0.305 e. The van der Waals surface area contributed by atoms with Gasteiger partial charge in [0.25, 0.3) is 0 Å². The maximum Gasteiger partial charge on any atom is 0.326 e. The molecular formula is C13H15ClN2O3S. The van der Waals surface area contributed by atoms with E-state index in [1.165, 1.54) is 0 Å². The number of sulfone groups is 1. The number of H-pyrrole nitrogens is 1. The average molecular weight is 315 g/mol. The molecule has 1 aliphatic rings. The topological polar surface area (TPSA) is 71.9 Å². The molecule has 0 saturated carbocycles. The molecule has 1 saturated heterocycles. The minimum absolute atomic E-state index is 0.0262. The monoisotopic (exact) mass is 314 g/mol. The fraction of sp³-hybridized carbons (Fsp3) is 0.462. The molecule has 20 heavy (non-hydrogen) atoms. The van der Waals surface area contributed by atoms with Crippen molar-refractivity contribution in [1.29, 1.82) is 0 Å². The van der Waals surface area contributed by atoms with Crippen molar-refractivity contribution in [2.45, 2.75) is 19.4 Å². The van der Waals surface area contributed by atoms with Gasteiger partial charge >= 0.3 is 5.69 Å². The van der Waals surface area contributed by atoms with Crippen molar-refractivity contribution >= 4 is 32.5 Å². The Labute approximate surface area is 121 Å². The van der Waals surface area contributed by atoms with E-state index in [2.05, 4.69) is 4.98 Å². The molecule has 1 N–H and O–H groups in total. The number of para-hydroxylation sites is 1. The van der Waals surface area contributed by atoms with Crippen LogP contribution in [0.1, 0.15) is 12.8 Å². The Morgan fingerprint density at radius 2 is 2.20 bits per heavy atom. The third-order valence-electron chi connectivity index (χ3n) is 3.74. The summed E-state index contributed by atoms with van der Waals surface area (Å²) in [5.41, 5.74) is 1.10. The number of fused-ring (bicyclic) bond motifs is 1. The number of hydrogen-bond acceptors (Lipinski definition) is 3. The van der Waals surface area contributed by atoms with Gasteiger partial charge in [0.1, 0.15) is 0 Å². The maximum atomic E-state index is 12.0. The quantitative estimate of drug-likeness (QED) is 0.919. The summed E-state index contributed by atoms with van der Waals surface area (Å²) in [7, 11) is -2.97. The zero-order valence-electron chi connectivity index (χ0n) is 10.8. The van der Waals surface area contributed by atoms with Crippen molar-refractivity contribution < 1.29 is 8.42 Å². The van der Waals surface area contributed by atoms with Gasteiger partial charge in [0, 0.05) is 6.54 Å². The summed E-state index contributed by atoms with van der Waals surface area (Å²) < 4.78 is 24.9. The molecule has 7 heteroatoms. The highest BCUT2D eigenvalue weighted by atomic mass is 35.5. The van der Waals surface area contributed by atoms with Gasteiger partial charge < -0.3 is 4.98 Å². The van der Waals surface area contributed by atoms with Crippen molar-refractivity contribution in [2.24, 2.45) is 5.92 Å². The van der Waals surface area contributed by atoms with Gasteiger partial charge in [0.2, 0.25) is 0 Å². The average Bonchev–Trinajstić information content (AvgIpc) is 2.66. The highest BCUT2D eigenvalue weighted by Gasteiger charge is 2.26. The van der Waals surface area contributed by atoms with E-state index < -0.39 is 9.84 Å². The lowest BCUT2D eigenvalue weighted by molar-refractivity contribution is 0.427. The molecule has 1 fully saturated rings. The molecule has 2 aromatic rings. The van der Waals surface area contributed by atoms with E-state index in [4.69, 9.17) is 11.6 Å². The van der Waals surface area contributed by atoms with Gasteiger partial charge in [-0.05, 0) is 30.9 Å². The van der Waals surface area contributed by atoms with Crippen molar-refractivity contribution in [3.63, 3.8) is 0 Å². The fourth-order valence-corrected chi connectivity index (χ4v) is 4.91. The molecule has 1 aromatic heterocycles. The third-order valence-corrected chi connectivity index (χ3v) is 5.94. The van der Waals surface area contributed by atoms with Crippen LogP contribution in [0.25, 0.3) is 11.0 Å². The Balaban J connectivity index is 1.99. The molecule has 0 bridgehead atoms. The van der Waals surface area contributed by atoms with Gasteiger partial charge in [0.15, 0.2) is 9.84 Å². The number of halogens is 1. The van der Waals surface area contributed by atoms with E-state index in [1.54, 1.807) is 22.8 Å². The normalized spacial score (nSPS) is 22.1. The predicted octanol–water partition coefficient (Wildman–Crippen LogP) is 1.81. The zero-order chi connectivity index (χ0) is 14.3. The highest BCUT2D eigenvalue weighted by molar-refractivity contribution is 7.91. The number of aromatic amines is 1. The summed E-state index contributed by atoms with van der Waals surface area (Å²) in [4.78, 5) is 14.8. The van der Waals surface area contributed by atoms with Crippen molar-refractivity contribution in [3.8, 4) is 0 Å². The third kappa shape index (κ3) is 2.50. The second-order valence-electron chi connectivity index (χ2n) is 5.30. The summed E-state index contributed by atoms with van der Waals surface area (Å²) in [5.74, 6) is 0.380. The largest absolute Gasteiger partial charge is 0.326 e. The first kappa shape index (κ1) is 13.7. The Morgan fingerprint density at radius 1 is 1.40 bits per heavy atom. The number of imidazole rings is 1. The summed E-state index contributed by atoms with van der Waals surface area (Å²) in [6, 6.07) is 5.29. The molecular weight excluding hydrogens is 300 g/mol. The summed E-state index contributed by atoms with van der Waals surface area (Å²) in [6.07, 6.45) is 1.49. The summed E-state index contributed by atoms with van der Waals surface area (Å²) in [5, 5.41) is 0.500. The molecule has 0 spiro atoms. The number of hydrogen-bond donors (Lipinski definition) is 1. The number of benzene rings is 1. The van der Waals surface area contributed by atoms with Gasteiger partial charge in [-0.25, -0.2) is 13.2 Å². The molecule has 108 valence electrons. The number of rotatable bonds is 2. The first-order chi connectivity index (χ1) is 9.46. The van der Waals surface area contributed by atoms with Gasteiger partial charge in [0.05, 0.1) is 27.6 Å².